The van der Waals surface area contributed by atoms with Crippen molar-refractivity contribution in [2.24, 2.45) is 0 Å². The molecule has 0 saturated carbocycles. The van der Waals surface area contributed by atoms with Crippen LogP contribution in [0.5, 0.6) is 11.5 Å². The molecule has 0 unspecified atom stereocenters. The summed E-state index contributed by atoms with van der Waals surface area (Å²) in [6, 6.07) is 5.83. The van der Waals surface area contributed by atoms with Gasteiger partial charge in [0, 0.05) is 37.4 Å². The van der Waals surface area contributed by atoms with E-state index >= 15 is 0 Å². The van der Waals surface area contributed by atoms with Crippen molar-refractivity contribution in [1.29, 1.82) is 0 Å². The Morgan fingerprint density at radius 2 is 1.91 bits per heavy atom. The number of anilines is 2. The predicted molar refractivity (Wildman–Crippen MR) is 128 cm³/mol. The highest BCUT2D eigenvalue weighted by Gasteiger charge is 2.25. The minimum atomic E-state index is -1.22. The van der Waals surface area contributed by atoms with E-state index in [2.05, 4.69) is 24.1 Å². The van der Waals surface area contributed by atoms with Gasteiger partial charge in [-0.1, -0.05) is 6.07 Å². The van der Waals surface area contributed by atoms with Crippen LogP contribution in [0.3, 0.4) is 0 Å². The van der Waals surface area contributed by atoms with Gasteiger partial charge in [0.1, 0.15) is 16.8 Å². The molecule has 33 heavy (non-hydrogen) atoms. The molecule has 1 aliphatic rings. The van der Waals surface area contributed by atoms with Crippen molar-refractivity contribution in [1.82, 2.24) is 9.97 Å². The number of piperidine rings is 1. The van der Waals surface area contributed by atoms with E-state index in [0.29, 0.717) is 49.9 Å². The van der Waals surface area contributed by atoms with Gasteiger partial charge in [-0.3, -0.25) is 0 Å². The average molecular weight is 473 g/mol. The van der Waals surface area contributed by atoms with Crippen LogP contribution in [0.2, 0.25) is 0 Å². The normalized spacial score (nSPS) is 14.4. The number of aryl methyl sites for hydroxylation is 2. The standard InChI is InChI=1S/C23H28N4O5S/c1-13-14(2)33-21-19(13)20(24-12-15-5-6-17(30-3)18(11-15)31-4)25-22(26-21)27-9-7-16(8-10-27)32-23(28)29/h5-6,11,16H,7-10,12H2,1-4H3,(H,28,29)(H,24,25,26). The van der Waals surface area contributed by atoms with E-state index < -0.39 is 6.16 Å². The zero-order valence-corrected chi connectivity index (χ0v) is 20.0. The second-order valence-electron chi connectivity index (χ2n) is 7.95. The number of nitrogens with zero attached hydrogens (tertiary/aromatic N) is 3. The van der Waals surface area contributed by atoms with Crippen LogP contribution in [0.25, 0.3) is 10.2 Å². The molecule has 0 bridgehead atoms. The lowest BCUT2D eigenvalue weighted by atomic mass is 10.1. The highest BCUT2D eigenvalue weighted by Crippen LogP contribution is 2.36. The first-order valence-corrected chi connectivity index (χ1v) is 11.6. The molecule has 4 rings (SSSR count). The smallest absolute Gasteiger partial charge is 0.493 e. The van der Waals surface area contributed by atoms with Crippen molar-refractivity contribution < 1.29 is 24.1 Å². The number of hydrogen-bond donors (Lipinski definition) is 2. The predicted octanol–water partition coefficient (Wildman–Crippen LogP) is 4.60. The fourth-order valence-corrected chi connectivity index (χ4v) is 5.02. The summed E-state index contributed by atoms with van der Waals surface area (Å²) in [7, 11) is 3.24. The molecule has 10 heteroatoms. The van der Waals surface area contributed by atoms with Gasteiger partial charge in [0.25, 0.3) is 0 Å². The molecule has 3 aromatic rings. The van der Waals surface area contributed by atoms with Crippen molar-refractivity contribution in [2.45, 2.75) is 39.3 Å². The Morgan fingerprint density at radius 1 is 1.18 bits per heavy atom. The first-order chi connectivity index (χ1) is 15.9. The SMILES string of the molecule is COc1ccc(CNc2nc(N3CCC(OC(=O)O)CC3)nc3sc(C)c(C)c23)cc1OC. The number of fused-ring (bicyclic) bond motifs is 1. The minimum Gasteiger partial charge on any atom is -0.493 e. The van der Waals surface area contributed by atoms with Crippen LogP contribution < -0.4 is 19.7 Å². The van der Waals surface area contributed by atoms with Gasteiger partial charge >= 0.3 is 6.16 Å². The zero-order valence-electron chi connectivity index (χ0n) is 19.2. The molecule has 0 radical (unpaired) electrons. The first kappa shape index (κ1) is 22.9. The summed E-state index contributed by atoms with van der Waals surface area (Å²) < 4.78 is 15.7. The quantitative estimate of drug-likeness (QED) is 0.477. The molecule has 1 aliphatic heterocycles. The van der Waals surface area contributed by atoms with Crippen molar-refractivity contribution in [2.75, 3.05) is 37.5 Å². The summed E-state index contributed by atoms with van der Waals surface area (Å²) >= 11 is 1.66. The molecule has 9 nitrogen and oxygen atoms in total. The van der Waals surface area contributed by atoms with Crippen LogP contribution in [0.1, 0.15) is 28.8 Å². The molecule has 0 aliphatic carbocycles. The van der Waals surface area contributed by atoms with Gasteiger partial charge in [-0.15, -0.1) is 11.3 Å². The Balaban J connectivity index is 1.59. The van der Waals surface area contributed by atoms with E-state index in [9.17, 15) is 4.79 Å². The lowest BCUT2D eigenvalue weighted by molar-refractivity contribution is 0.0415. The number of thiophene rings is 1. The summed E-state index contributed by atoms with van der Waals surface area (Å²) in [6.45, 7) is 6.03. The molecule has 0 amide bonds. The van der Waals surface area contributed by atoms with Crippen LogP contribution >= 0.6 is 11.3 Å². The van der Waals surface area contributed by atoms with E-state index in [1.807, 2.05) is 18.2 Å². The molecule has 3 heterocycles. The minimum absolute atomic E-state index is 0.281. The maximum absolute atomic E-state index is 10.8. The van der Waals surface area contributed by atoms with Crippen LogP contribution in [-0.4, -0.2) is 54.6 Å². The van der Waals surface area contributed by atoms with Crippen LogP contribution in [-0.2, 0) is 11.3 Å². The van der Waals surface area contributed by atoms with Crippen molar-refractivity contribution in [3.63, 3.8) is 0 Å². The fraction of sp³-hybridized carbons (Fsp3) is 0.435. The maximum atomic E-state index is 10.8. The fourth-order valence-electron chi connectivity index (χ4n) is 4.00. The number of rotatable bonds is 7. The van der Waals surface area contributed by atoms with E-state index in [-0.39, 0.29) is 6.10 Å². The number of aromatic nitrogens is 2. The zero-order chi connectivity index (χ0) is 23.5. The van der Waals surface area contributed by atoms with Gasteiger partial charge in [0.15, 0.2) is 11.5 Å². The van der Waals surface area contributed by atoms with Gasteiger partial charge in [0.2, 0.25) is 5.95 Å². The summed E-state index contributed by atoms with van der Waals surface area (Å²) in [4.78, 5) is 24.8. The topological polar surface area (TPSA) is 106 Å². The Kier molecular flexibility index (Phi) is 6.73. The number of ether oxygens (including phenoxy) is 3. The third-order valence-electron chi connectivity index (χ3n) is 5.92. The molecule has 1 saturated heterocycles. The first-order valence-electron chi connectivity index (χ1n) is 10.8. The lowest BCUT2D eigenvalue weighted by Crippen LogP contribution is -2.38. The number of hydrogen-bond acceptors (Lipinski definition) is 9. The summed E-state index contributed by atoms with van der Waals surface area (Å²) in [5.41, 5.74) is 2.21. The van der Waals surface area contributed by atoms with Crippen LogP contribution in [0.4, 0.5) is 16.6 Å². The van der Waals surface area contributed by atoms with E-state index in [0.717, 1.165) is 21.6 Å². The molecule has 2 N–H and O–H groups in total. The van der Waals surface area contributed by atoms with Crippen molar-refractivity contribution in [3.05, 3.63) is 34.2 Å². The second-order valence-corrected chi connectivity index (χ2v) is 9.15. The molecular weight excluding hydrogens is 444 g/mol. The third-order valence-corrected chi connectivity index (χ3v) is 7.02. The summed E-state index contributed by atoms with van der Waals surface area (Å²) in [5, 5.41) is 13.4. The summed E-state index contributed by atoms with van der Waals surface area (Å²) in [6.07, 6.45) is -0.275. The molecule has 0 atom stereocenters. The Morgan fingerprint density at radius 3 is 2.58 bits per heavy atom. The lowest BCUT2D eigenvalue weighted by Gasteiger charge is -2.31. The van der Waals surface area contributed by atoms with Gasteiger partial charge in [-0.05, 0) is 37.1 Å². The van der Waals surface area contributed by atoms with Crippen molar-refractivity contribution >= 4 is 39.5 Å². The molecule has 1 fully saturated rings. The van der Waals surface area contributed by atoms with Gasteiger partial charge in [-0.2, -0.15) is 4.98 Å². The number of methoxy groups -OCH3 is 2. The molecular formula is C23H28N4O5S. The van der Waals surface area contributed by atoms with Gasteiger partial charge in [0.05, 0.1) is 19.6 Å². The number of carboxylic acid groups (broad SMARTS) is 1. The van der Waals surface area contributed by atoms with E-state index in [1.54, 1.807) is 25.6 Å². The van der Waals surface area contributed by atoms with Crippen LogP contribution in [0, 0.1) is 13.8 Å². The largest absolute Gasteiger partial charge is 0.506 e. The third kappa shape index (κ3) is 4.90. The maximum Gasteiger partial charge on any atom is 0.506 e. The summed E-state index contributed by atoms with van der Waals surface area (Å²) in [5.74, 6) is 2.80. The van der Waals surface area contributed by atoms with Crippen LogP contribution in [0.15, 0.2) is 18.2 Å². The molecule has 2 aromatic heterocycles. The highest BCUT2D eigenvalue weighted by atomic mass is 32.1. The highest BCUT2D eigenvalue weighted by molar-refractivity contribution is 7.18. The molecule has 176 valence electrons. The Hall–Kier alpha value is -3.27. The monoisotopic (exact) mass is 472 g/mol. The van der Waals surface area contributed by atoms with Gasteiger partial charge in [-0.25, -0.2) is 9.78 Å². The number of carbonyl (C=O) groups is 1. The molecule has 0 spiro atoms. The van der Waals surface area contributed by atoms with E-state index in [1.165, 1.54) is 10.4 Å². The van der Waals surface area contributed by atoms with Gasteiger partial charge < -0.3 is 29.5 Å². The second kappa shape index (κ2) is 9.70. The average Bonchev–Trinajstić information content (AvgIpc) is 3.10. The Bertz CT molecular complexity index is 1160. The number of nitrogens with one attached hydrogen (secondary N) is 1. The number of benzene rings is 1. The Labute approximate surface area is 196 Å². The van der Waals surface area contributed by atoms with Crippen molar-refractivity contribution in [3.8, 4) is 11.5 Å². The van der Waals surface area contributed by atoms with E-state index in [4.69, 9.17) is 29.3 Å². The molecule has 1 aromatic carbocycles.